The van der Waals surface area contributed by atoms with Crippen LogP contribution in [0.5, 0.6) is 0 Å². The molecule has 4 heterocycles. The maximum absolute atomic E-state index is 14.1. The molecular formula is C103H118Cl2F2N12O8. The topological polar surface area (TPSA) is 252 Å². The van der Waals surface area contributed by atoms with E-state index in [1.807, 2.05) is 124 Å². The number of carbonyl (C=O) groups excluding carboxylic acids is 7. The molecule has 5 aliphatic rings. The van der Waals surface area contributed by atoms with Crippen molar-refractivity contribution < 1.29 is 47.1 Å². The molecule has 6 atom stereocenters. The molecule has 0 aromatic heterocycles. The highest BCUT2D eigenvalue weighted by Crippen LogP contribution is 2.32. The van der Waals surface area contributed by atoms with Crippen molar-refractivity contribution >= 4 is 82.8 Å². The molecule has 24 heteroatoms. The fourth-order valence-corrected chi connectivity index (χ4v) is 17.2. The second kappa shape index (κ2) is 50.3. The van der Waals surface area contributed by atoms with Crippen molar-refractivity contribution in [3.05, 3.63) is 339 Å². The van der Waals surface area contributed by atoms with Crippen molar-refractivity contribution in [3.8, 4) is 0 Å². The third kappa shape index (κ3) is 30.2. The van der Waals surface area contributed by atoms with Gasteiger partial charge in [-0.3, -0.25) is 43.8 Å². The van der Waals surface area contributed by atoms with Crippen molar-refractivity contribution in [3.63, 3.8) is 0 Å². The highest BCUT2D eigenvalue weighted by Gasteiger charge is 2.37. The van der Waals surface area contributed by atoms with Crippen molar-refractivity contribution in [2.75, 3.05) is 105 Å². The zero-order valence-corrected chi connectivity index (χ0v) is 73.4. The van der Waals surface area contributed by atoms with E-state index >= 15 is 0 Å². The quantitative estimate of drug-likeness (QED) is 0.0183. The van der Waals surface area contributed by atoms with Gasteiger partial charge in [0.15, 0.2) is 0 Å². The maximum atomic E-state index is 14.1. The fraction of sp³-hybridized carbons (Fsp3) is 0.350. The van der Waals surface area contributed by atoms with Crippen molar-refractivity contribution in [1.29, 1.82) is 0 Å². The SMILES string of the molecule is NCC[C@@H]1N[C@H](CNC(=O)/C=C/c2ccc(F)cc2F)CCN(CC(c2ccccc2)c2ccccc2)C1=O.O=C(/C=C/c1ccc(Cl)cc1)NC[C@@H]1CCN(CC(c2ccccc2)c2ccccc2)C(=O)[C@H](CCN2CCOCC2)N1.O=C(/C=C/c1ccc(Cl)cc1)NC[C@@H]1CCN(CC(c2ccccc2)c2ccccc2)C(=O)[C@H](CNC(=O)C2CCCCC2)N1. The van der Waals surface area contributed by atoms with Crippen LogP contribution in [0.3, 0.4) is 0 Å². The van der Waals surface area contributed by atoms with Crippen molar-refractivity contribution in [2.24, 2.45) is 11.7 Å². The number of hydrogen-bond donors (Lipinski definition) is 8. The van der Waals surface area contributed by atoms with Gasteiger partial charge in [-0.15, -0.1) is 0 Å². The summed E-state index contributed by atoms with van der Waals surface area (Å²) < 4.78 is 32.5. The first kappa shape index (κ1) is 94.8. The molecule has 7 amide bonds. The summed E-state index contributed by atoms with van der Waals surface area (Å²) >= 11 is 11.9. The van der Waals surface area contributed by atoms with E-state index < -0.39 is 29.6 Å². The Balaban J connectivity index is 0.000000173. The first-order valence-electron chi connectivity index (χ1n) is 44.5. The molecule has 0 bridgehead atoms. The number of halogens is 4. The molecule has 0 unspecified atom stereocenters. The lowest BCUT2D eigenvalue weighted by molar-refractivity contribution is -0.134. The first-order chi connectivity index (χ1) is 61.9. The molecule has 5 fully saturated rings. The normalized spacial score (nSPS) is 19.1. The fourth-order valence-electron chi connectivity index (χ4n) is 17.0. The molecule has 4 saturated heterocycles. The number of benzene rings is 9. The van der Waals surface area contributed by atoms with E-state index in [2.05, 4.69) is 139 Å². The molecule has 127 heavy (non-hydrogen) atoms. The molecule has 1 saturated carbocycles. The largest absolute Gasteiger partial charge is 0.379 e. The Morgan fingerprint density at radius 2 is 0.772 bits per heavy atom. The van der Waals surface area contributed by atoms with Crippen LogP contribution >= 0.6 is 23.2 Å². The second-order valence-electron chi connectivity index (χ2n) is 33.0. The average Bonchev–Trinajstić information content (AvgIpc) is 1.87. The maximum Gasteiger partial charge on any atom is 0.244 e. The number of hydrogen-bond acceptors (Lipinski definition) is 13. The zero-order valence-electron chi connectivity index (χ0n) is 71.9. The molecule has 666 valence electrons. The minimum absolute atomic E-state index is 0.00202. The summed E-state index contributed by atoms with van der Waals surface area (Å²) in [6.45, 7) is 9.04. The molecule has 1 aliphatic carbocycles. The predicted octanol–water partition coefficient (Wildman–Crippen LogP) is 14.0. The number of nitrogens with zero attached hydrogens (tertiary/aromatic N) is 4. The first-order valence-corrected chi connectivity index (χ1v) is 45.3. The van der Waals surface area contributed by atoms with Gasteiger partial charge in [0.1, 0.15) is 17.7 Å². The van der Waals surface area contributed by atoms with Crippen LogP contribution < -0.4 is 43.0 Å². The Kier molecular flexibility index (Phi) is 37.5. The van der Waals surface area contributed by atoms with Crippen LogP contribution in [-0.4, -0.2) is 202 Å². The lowest BCUT2D eigenvalue weighted by Gasteiger charge is -2.31. The van der Waals surface area contributed by atoms with Crippen LogP contribution in [0.4, 0.5) is 8.78 Å². The molecule has 0 radical (unpaired) electrons. The standard InChI is InChI=1S/C37H43ClN4O3.C35H41ClN4O3.C31H34F2N4O2/c38-31-19-16-27(17-20-31)18-21-35(43)39-24-32-22-23-42(26-33(28-10-4-1-5-11-28)29-12-6-2-7-13-29)37(45)34(41-32)25-40-36(44)30-14-8-3-9-15-30;36-30-14-11-27(12-15-30)13-16-34(41)37-25-31-17-20-40(35(42)33(38-31)18-19-39-21-23-43-24-22-39)26-32(28-7-3-1-4-8-28)29-9-5-2-6-10-29;32-25-13-11-24(28(33)19-25)12-14-30(38)35-20-26-16-18-37(31(39)29(36-26)15-17-34)21-27(22-7-3-1-4-8-22)23-9-5-2-6-10-23/h1-2,4-7,10-13,16-21,30,32-34,41H,3,8-9,14-15,22-26H2,(H,39,43)(H,40,44);1-16,31-33,38H,17-26H2,(H,37,41);1-14,19,26-27,29,36H,15-18,20-21,34H2,(H,35,38)/b21-18+;16-13+;14-12+/t32-,34-;31-,33-;26-,29-/m000/s1. The smallest absolute Gasteiger partial charge is 0.244 e. The van der Waals surface area contributed by atoms with Crippen molar-refractivity contribution in [2.45, 2.75) is 118 Å². The summed E-state index contributed by atoms with van der Waals surface area (Å²) in [6, 6.07) is 77.8. The zero-order chi connectivity index (χ0) is 88.9. The highest BCUT2D eigenvalue weighted by atomic mass is 35.5. The van der Waals surface area contributed by atoms with Gasteiger partial charge in [-0.1, -0.05) is 249 Å². The molecule has 4 aliphatic heterocycles. The number of ether oxygens (including phenoxy) is 1. The van der Waals surface area contributed by atoms with Crippen LogP contribution in [0.2, 0.25) is 10.0 Å². The minimum Gasteiger partial charge on any atom is -0.379 e. The second-order valence-corrected chi connectivity index (χ2v) is 33.9. The molecule has 0 spiro atoms. The van der Waals surface area contributed by atoms with Gasteiger partial charge in [0, 0.05) is 167 Å². The Labute approximate surface area is 755 Å². The van der Waals surface area contributed by atoms with Crippen LogP contribution in [-0.2, 0) is 38.3 Å². The Hall–Kier alpha value is -11.3. The number of nitrogens with two attached hydrogens (primary N) is 1. The average molecular weight is 1760 g/mol. The summed E-state index contributed by atoms with van der Waals surface area (Å²) in [5.74, 6) is -1.98. The van der Waals surface area contributed by atoms with E-state index in [1.165, 1.54) is 47.9 Å². The number of amides is 7. The Morgan fingerprint density at radius 1 is 0.417 bits per heavy atom. The third-order valence-electron chi connectivity index (χ3n) is 24.1. The highest BCUT2D eigenvalue weighted by molar-refractivity contribution is 6.30. The summed E-state index contributed by atoms with van der Waals surface area (Å²) in [5, 5.41) is 23.7. The van der Waals surface area contributed by atoms with E-state index in [4.69, 9.17) is 33.7 Å². The lowest BCUT2D eigenvalue weighted by atomic mass is 9.88. The third-order valence-corrected chi connectivity index (χ3v) is 24.6. The molecule has 9 aromatic rings. The lowest BCUT2D eigenvalue weighted by Crippen LogP contribution is -2.54. The van der Waals surface area contributed by atoms with E-state index in [0.717, 1.165) is 110 Å². The van der Waals surface area contributed by atoms with Gasteiger partial charge in [-0.2, -0.15) is 0 Å². The monoisotopic (exact) mass is 1760 g/mol. The summed E-state index contributed by atoms with van der Waals surface area (Å²) in [4.78, 5) is 101. The molecular weight excluding hydrogens is 1640 g/mol. The van der Waals surface area contributed by atoms with Gasteiger partial charge in [0.2, 0.25) is 41.4 Å². The van der Waals surface area contributed by atoms with E-state index in [0.29, 0.717) is 94.6 Å². The van der Waals surface area contributed by atoms with Crippen LogP contribution in [0.25, 0.3) is 18.2 Å². The van der Waals surface area contributed by atoms with E-state index in [1.54, 1.807) is 36.4 Å². The summed E-state index contributed by atoms with van der Waals surface area (Å²) in [5.41, 5.74) is 14.7. The number of rotatable bonds is 32. The summed E-state index contributed by atoms with van der Waals surface area (Å²) in [6.07, 6.45) is 17.4. The van der Waals surface area contributed by atoms with Gasteiger partial charge in [-0.25, -0.2) is 8.78 Å². The predicted molar refractivity (Wildman–Crippen MR) is 500 cm³/mol. The van der Waals surface area contributed by atoms with Gasteiger partial charge in [-0.05, 0) is 151 Å². The van der Waals surface area contributed by atoms with Crippen molar-refractivity contribution in [1.82, 2.24) is 56.8 Å². The van der Waals surface area contributed by atoms with Gasteiger partial charge in [0.25, 0.3) is 0 Å². The molecule has 20 nitrogen and oxygen atoms in total. The molecule has 9 aromatic carbocycles. The van der Waals surface area contributed by atoms with Crippen LogP contribution in [0, 0.1) is 17.6 Å². The minimum atomic E-state index is -0.739. The molecule has 14 rings (SSSR count). The van der Waals surface area contributed by atoms with Crippen LogP contribution in [0.1, 0.15) is 132 Å². The number of nitrogens with one attached hydrogen (secondary N) is 7. The molecule has 9 N–H and O–H groups in total. The Morgan fingerprint density at radius 3 is 1.14 bits per heavy atom. The van der Waals surface area contributed by atoms with Crippen LogP contribution in [0.15, 0.2) is 267 Å². The summed E-state index contributed by atoms with van der Waals surface area (Å²) in [7, 11) is 0. The van der Waals surface area contributed by atoms with Gasteiger partial charge < -0.3 is 57.1 Å². The van der Waals surface area contributed by atoms with Gasteiger partial charge in [0.05, 0.1) is 25.3 Å². The van der Waals surface area contributed by atoms with E-state index in [9.17, 15) is 42.3 Å². The van der Waals surface area contributed by atoms with E-state index in [-0.39, 0.29) is 102 Å². The number of carbonyl (C=O) groups is 7. The Bertz CT molecular complexity index is 4910. The van der Waals surface area contributed by atoms with Gasteiger partial charge >= 0.3 is 0 Å². The number of morpholine rings is 1.